The van der Waals surface area contributed by atoms with Crippen LogP contribution < -0.4 is 5.32 Å². The van der Waals surface area contributed by atoms with Crippen LogP contribution in [0.1, 0.15) is 43.6 Å². The van der Waals surface area contributed by atoms with Crippen LogP contribution >= 0.6 is 24.0 Å². The van der Waals surface area contributed by atoms with Gasteiger partial charge in [-0.1, -0.05) is 24.3 Å². The molecule has 2 aromatic rings. The lowest BCUT2D eigenvalue weighted by Gasteiger charge is -2.33. The van der Waals surface area contributed by atoms with Crippen molar-refractivity contribution in [2.75, 3.05) is 33.3 Å². The summed E-state index contributed by atoms with van der Waals surface area (Å²) in [7, 11) is 2.10. The van der Waals surface area contributed by atoms with Gasteiger partial charge in [-0.3, -0.25) is 9.69 Å². The van der Waals surface area contributed by atoms with Gasteiger partial charge < -0.3 is 19.4 Å². The topological polar surface area (TPSA) is 70.3 Å². The van der Waals surface area contributed by atoms with Crippen LogP contribution in [0.2, 0.25) is 0 Å². The van der Waals surface area contributed by atoms with E-state index in [4.69, 9.17) is 14.1 Å². The number of esters is 1. The summed E-state index contributed by atoms with van der Waals surface area (Å²) in [6.07, 6.45) is 3.32. The number of carbonyl (C=O) groups is 1. The molecule has 8 heteroatoms. The summed E-state index contributed by atoms with van der Waals surface area (Å²) in [6.45, 7) is 9.02. The number of carbonyl (C=O) groups excluding carboxylic acids is 1. The van der Waals surface area contributed by atoms with E-state index in [2.05, 4.69) is 53.4 Å². The van der Waals surface area contributed by atoms with Crippen LogP contribution in [0.4, 0.5) is 0 Å². The third kappa shape index (κ3) is 8.33. The van der Waals surface area contributed by atoms with E-state index in [1.165, 1.54) is 11.1 Å². The van der Waals surface area contributed by atoms with Gasteiger partial charge in [0.15, 0.2) is 5.96 Å². The molecule has 7 nitrogen and oxygen atoms in total. The summed E-state index contributed by atoms with van der Waals surface area (Å²) in [5.74, 6) is 1.80. The molecule has 0 spiro atoms. The molecular weight excluding hydrogens is 531 g/mol. The molecular formula is C25H37IN4O3. The predicted molar refractivity (Wildman–Crippen MR) is 141 cm³/mol. The first-order chi connectivity index (χ1) is 15.6. The molecule has 1 aliphatic rings. The second-order valence-electron chi connectivity index (χ2n) is 8.20. The van der Waals surface area contributed by atoms with E-state index < -0.39 is 0 Å². The Morgan fingerprint density at radius 2 is 1.88 bits per heavy atom. The molecule has 0 amide bonds. The van der Waals surface area contributed by atoms with Gasteiger partial charge in [-0.15, -0.1) is 24.0 Å². The number of halogens is 1. The summed E-state index contributed by atoms with van der Waals surface area (Å²) in [6, 6.07) is 12.4. The number of nitrogens with one attached hydrogen (secondary N) is 1. The Morgan fingerprint density at radius 3 is 2.52 bits per heavy atom. The summed E-state index contributed by atoms with van der Waals surface area (Å²) in [4.78, 5) is 21.5. The summed E-state index contributed by atoms with van der Waals surface area (Å²) < 4.78 is 10.7. The quantitative estimate of drug-likeness (QED) is 0.211. The molecule has 0 unspecified atom stereocenters. The number of aliphatic imine (C=N–C) groups is 1. The standard InChI is InChI=1S/C25H36N4O3.HI/c1-4-26-25(29-14-12-20(13-15-29)24(30)31-5-2)27-17-21-9-6-7-10-22(21)18-28(3)19-23-11-8-16-32-23;/h6-11,16,20H,4-5,12-15,17-19H2,1-3H3,(H,26,27);1H. The first-order valence-corrected chi connectivity index (χ1v) is 11.6. The Balaban J connectivity index is 0.00000385. The van der Waals surface area contributed by atoms with Crippen molar-refractivity contribution in [3.8, 4) is 0 Å². The lowest BCUT2D eigenvalue weighted by atomic mass is 9.97. The Bertz CT molecular complexity index is 864. The highest BCUT2D eigenvalue weighted by Gasteiger charge is 2.27. The normalized spacial score (nSPS) is 14.8. The zero-order valence-electron chi connectivity index (χ0n) is 20.0. The van der Waals surface area contributed by atoms with Crippen LogP contribution in [0.25, 0.3) is 0 Å². The molecule has 33 heavy (non-hydrogen) atoms. The number of piperidine rings is 1. The highest BCUT2D eigenvalue weighted by Crippen LogP contribution is 2.19. The van der Waals surface area contributed by atoms with Crippen LogP contribution in [-0.4, -0.2) is 55.0 Å². The van der Waals surface area contributed by atoms with Crippen molar-refractivity contribution in [2.45, 2.75) is 46.3 Å². The fourth-order valence-corrected chi connectivity index (χ4v) is 4.05. The van der Waals surface area contributed by atoms with Gasteiger partial charge in [-0.2, -0.15) is 0 Å². The number of likely N-dealkylation sites (tertiary alicyclic amines) is 1. The van der Waals surface area contributed by atoms with Crippen molar-refractivity contribution in [2.24, 2.45) is 10.9 Å². The van der Waals surface area contributed by atoms with Gasteiger partial charge in [0.05, 0.1) is 31.9 Å². The van der Waals surface area contributed by atoms with Crippen LogP contribution in [0.15, 0.2) is 52.1 Å². The van der Waals surface area contributed by atoms with E-state index in [1.807, 2.05) is 19.1 Å². The van der Waals surface area contributed by atoms with Crippen molar-refractivity contribution in [1.82, 2.24) is 15.1 Å². The minimum Gasteiger partial charge on any atom is -0.468 e. The molecule has 1 aromatic carbocycles. The monoisotopic (exact) mass is 568 g/mol. The van der Waals surface area contributed by atoms with E-state index in [0.29, 0.717) is 13.2 Å². The Morgan fingerprint density at radius 1 is 1.15 bits per heavy atom. The lowest BCUT2D eigenvalue weighted by molar-refractivity contribution is -0.149. The molecule has 0 bridgehead atoms. The molecule has 1 saturated heterocycles. The fourth-order valence-electron chi connectivity index (χ4n) is 4.05. The summed E-state index contributed by atoms with van der Waals surface area (Å²) in [5, 5.41) is 3.42. The molecule has 0 atom stereocenters. The average molecular weight is 569 g/mol. The SMILES string of the molecule is CCNC(=NCc1ccccc1CN(C)Cc1ccco1)N1CCC(C(=O)OCC)CC1.I. The highest BCUT2D eigenvalue weighted by molar-refractivity contribution is 14.0. The van der Waals surface area contributed by atoms with Gasteiger partial charge >= 0.3 is 5.97 Å². The number of guanidine groups is 1. The summed E-state index contributed by atoms with van der Waals surface area (Å²) in [5.41, 5.74) is 2.48. The van der Waals surface area contributed by atoms with Crippen molar-refractivity contribution in [3.05, 3.63) is 59.5 Å². The molecule has 1 N–H and O–H groups in total. The van der Waals surface area contributed by atoms with Crippen molar-refractivity contribution in [1.29, 1.82) is 0 Å². The van der Waals surface area contributed by atoms with Gasteiger partial charge in [0, 0.05) is 26.2 Å². The maximum Gasteiger partial charge on any atom is 0.309 e. The van der Waals surface area contributed by atoms with Crippen LogP contribution in [-0.2, 0) is 29.2 Å². The van der Waals surface area contributed by atoms with E-state index in [-0.39, 0.29) is 35.9 Å². The molecule has 1 aromatic heterocycles. The molecule has 182 valence electrons. The molecule has 0 radical (unpaired) electrons. The number of hydrogen-bond donors (Lipinski definition) is 1. The van der Waals surface area contributed by atoms with Crippen molar-refractivity contribution >= 4 is 35.9 Å². The van der Waals surface area contributed by atoms with Crippen molar-refractivity contribution < 1.29 is 13.9 Å². The number of furan rings is 1. The number of hydrogen-bond acceptors (Lipinski definition) is 5. The van der Waals surface area contributed by atoms with Crippen LogP contribution in [0.5, 0.6) is 0 Å². The van der Waals surface area contributed by atoms with Crippen LogP contribution in [0.3, 0.4) is 0 Å². The average Bonchev–Trinajstić information content (AvgIpc) is 3.30. The number of ether oxygens (including phenoxy) is 1. The minimum absolute atomic E-state index is 0. The Labute approximate surface area is 214 Å². The molecule has 0 aliphatic carbocycles. The third-order valence-electron chi connectivity index (χ3n) is 5.71. The highest BCUT2D eigenvalue weighted by atomic mass is 127. The molecule has 2 heterocycles. The maximum absolute atomic E-state index is 12.0. The maximum atomic E-state index is 12.0. The molecule has 3 rings (SSSR count). The molecule has 0 saturated carbocycles. The van der Waals surface area contributed by atoms with Crippen LogP contribution in [0, 0.1) is 5.92 Å². The Hall–Kier alpha value is -2.07. The van der Waals surface area contributed by atoms with Gasteiger partial charge in [-0.25, -0.2) is 4.99 Å². The fraction of sp³-hybridized carbons (Fsp3) is 0.520. The predicted octanol–water partition coefficient (Wildman–Crippen LogP) is 4.27. The first kappa shape index (κ1) is 27.2. The number of rotatable bonds is 9. The third-order valence-corrected chi connectivity index (χ3v) is 5.71. The van der Waals surface area contributed by atoms with E-state index in [9.17, 15) is 4.79 Å². The lowest BCUT2D eigenvalue weighted by Crippen LogP contribution is -2.46. The number of nitrogens with zero attached hydrogens (tertiary/aromatic N) is 3. The van der Waals surface area contributed by atoms with Gasteiger partial charge in [0.25, 0.3) is 0 Å². The summed E-state index contributed by atoms with van der Waals surface area (Å²) >= 11 is 0. The Kier molecular flexibility index (Phi) is 11.7. The van der Waals surface area contributed by atoms with E-state index in [1.54, 1.807) is 6.26 Å². The van der Waals surface area contributed by atoms with Gasteiger partial charge in [0.2, 0.25) is 0 Å². The number of benzene rings is 1. The smallest absolute Gasteiger partial charge is 0.309 e. The van der Waals surface area contributed by atoms with Gasteiger partial charge in [0.1, 0.15) is 5.76 Å². The van der Waals surface area contributed by atoms with Gasteiger partial charge in [-0.05, 0) is 57.0 Å². The molecule has 1 fully saturated rings. The molecule has 1 aliphatic heterocycles. The largest absolute Gasteiger partial charge is 0.468 e. The van der Waals surface area contributed by atoms with E-state index in [0.717, 1.165) is 57.3 Å². The zero-order valence-corrected chi connectivity index (χ0v) is 22.3. The van der Waals surface area contributed by atoms with Crippen molar-refractivity contribution in [3.63, 3.8) is 0 Å². The minimum atomic E-state index is -0.0679. The second-order valence-corrected chi connectivity index (χ2v) is 8.20. The zero-order chi connectivity index (χ0) is 22.8. The second kappa shape index (κ2) is 14.2. The van der Waals surface area contributed by atoms with E-state index >= 15 is 0 Å². The first-order valence-electron chi connectivity index (χ1n) is 11.6.